The molecule has 3 aromatic heterocycles. The lowest BCUT2D eigenvalue weighted by Crippen LogP contribution is -2.10. The van der Waals surface area contributed by atoms with Crippen LogP contribution >= 0.6 is 0 Å². The fraction of sp³-hybridized carbons (Fsp3) is 0.0625. The highest BCUT2D eigenvalue weighted by atomic mass is 16.5. The predicted octanol–water partition coefficient (Wildman–Crippen LogP) is 1.67. The number of benzene rings is 1. The Morgan fingerprint density at radius 3 is 2.83 bits per heavy atom. The van der Waals surface area contributed by atoms with Gasteiger partial charge in [0.25, 0.3) is 0 Å². The van der Waals surface area contributed by atoms with Gasteiger partial charge in [-0.3, -0.25) is 0 Å². The zero-order chi connectivity index (χ0) is 16.4. The van der Waals surface area contributed by atoms with E-state index in [2.05, 4.69) is 20.5 Å². The molecule has 0 bridgehead atoms. The van der Waals surface area contributed by atoms with Gasteiger partial charge in [0.15, 0.2) is 0 Å². The van der Waals surface area contributed by atoms with Crippen LogP contribution in [0, 0.1) is 0 Å². The van der Waals surface area contributed by atoms with Crippen molar-refractivity contribution in [1.29, 1.82) is 0 Å². The second-order valence-electron chi connectivity index (χ2n) is 5.05. The maximum absolute atomic E-state index is 12.4. The first kappa shape index (κ1) is 14.1. The van der Waals surface area contributed by atoms with Gasteiger partial charge in [0.05, 0.1) is 16.9 Å². The summed E-state index contributed by atoms with van der Waals surface area (Å²) >= 11 is 0. The van der Waals surface area contributed by atoms with Crippen molar-refractivity contribution < 1.29 is 9.53 Å². The molecule has 0 aliphatic carbocycles. The molecule has 0 saturated carbocycles. The lowest BCUT2D eigenvalue weighted by atomic mass is 10.2. The molecule has 8 heteroatoms. The largest absolute Gasteiger partial charge is 0.455 e. The first-order valence-corrected chi connectivity index (χ1v) is 7.23. The predicted molar refractivity (Wildman–Crippen MR) is 83.5 cm³/mol. The molecule has 3 heterocycles. The van der Waals surface area contributed by atoms with E-state index in [-0.39, 0.29) is 6.61 Å². The molecule has 0 unspecified atom stereocenters. The second-order valence-corrected chi connectivity index (χ2v) is 5.05. The van der Waals surface area contributed by atoms with Gasteiger partial charge < -0.3 is 9.14 Å². The summed E-state index contributed by atoms with van der Waals surface area (Å²) < 4.78 is 8.68. The summed E-state index contributed by atoms with van der Waals surface area (Å²) in [4.78, 5) is 16.8. The Bertz CT molecular complexity index is 960. The molecular weight excluding hydrogens is 308 g/mol. The first-order valence-electron chi connectivity index (χ1n) is 7.23. The van der Waals surface area contributed by atoms with Crippen molar-refractivity contribution in [1.82, 2.24) is 29.6 Å². The molecule has 0 atom stereocenters. The highest BCUT2D eigenvalue weighted by Crippen LogP contribution is 2.15. The quantitative estimate of drug-likeness (QED) is 0.532. The third-order valence-electron chi connectivity index (χ3n) is 3.48. The molecule has 4 aromatic rings. The molecule has 0 amide bonds. The maximum atomic E-state index is 12.4. The number of nitrogens with zero attached hydrogens (tertiary/aromatic N) is 6. The van der Waals surface area contributed by atoms with Gasteiger partial charge in [-0.05, 0) is 34.7 Å². The minimum absolute atomic E-state index is 0.0878. The van der Waals surface area contributed by atoms with E-state index in [1.165, 1.54) is 11.0 Å². The van der Waals surface area contributed by atoms with Crippen molar-refractivity contribution in [2.45, 2.75) is 6.61 Å². The summed E-state index contributed by atoms with van der Waals surface area (Å²) in [6, 6.07) is 12.7. The molecule has 0 N–H and O–H groups in total. The van der Waals surface area contributed by atoms with Crippen LogP contribution in [0.1, 0.15) is 16.1 Å². The Balaban J connectivity index is 1.54. The van der Waals surface area contributed by atoms with Crippen LogP contribution in [0.5, 0.6) is 0 Å². The minimum atomic E-state index is -0.460. The maximum Gasteiger partial charge on any atom is 0.340 e. The van der Waals surface area contributed by atoms with Gasteiger partial charge in [-0.15, -0.1) is 5.10 Å². The summed E-state index contributed by atoms with van der Waals surface area (Å²) in [5, 5.41) is 11.0. The number of carbonyl (C=O) groups excluding carboxylic acids is 1. The second kappa shape index (κ2) is 5.92. The summed E-state index contributed by atoms with van der Waals surface area (Å²) in [5.74, 6) is -0.460. The minimum Gasteiger partial charge on any atom is -0.455 e. The summed E-state index contributed by atoms with van der Waals surface area (Å²) in [7, 11) is 0. The average Bonchev–Trinajstić information content (AvgIpc) is 3.28. The van der Waals surface area contributed by atoms with Crippen LogP contribution in [0.25, 0.3) is 11.3 Å². The van der Waals surface area contributed by atoms with Gasteiger partial charge in [-0.2, -0.15) is 4.68 Å². The molecule has 0 radical (unpaired) electrons. The molecule has 4 rings (SSSR count). The number of fused-ring (bicyclic) bond motifs is 1. The fourth-order valence-electron chi connectivity index (χ4n) is 2.39. The van der Waals surface area contributed by atoms with Crippen molar-refractivity contribution in [3.05, 3.63) is 72.4 Å². The van der Waals surface area contributed by atoms with E-state index >= 15 is 0 Å². The van der Waals surface area contributed by atoms with Crippen LogP contribution in [0.2, 0.25) is 0 Å². The van der Waals surface area contributed by atoms with Gasteiger partial charge in [0.2, 0.25) is 0 Å². The van der Waals surface area contributed by atoms with Gasteiger partial charge in [-0.25, -0.2) is 9.78 Å². The normalized spacial score (nSPS) is 10.8. The van der Waals surface area contributed by atoms with Crippen molar-refractivity contribution in [2.75, 3.05) is 0 Å². The van der Waals surface area contributed by atoms with Crippen molar-refractivity contribution >= 4 is 11.6 Å². The first-order chi connectivity index (χ1) is 11.8. The highest BCUT2D eigenvalue weighted by molar-refractivity contribution is 5.93. The van der Waals surface area contributed by atoms with Crippen molar-refractivity contribution in [2.24, 2.45) is 0 Å². The lowest BCUT2D eigenvalue weighted by Gasteiger charge is -2.07. The number of rotatable bonds is 4. The van der Waals surface area contributed by atoms with Gasteiger partial charge >= 0.3 is 5.97 Å². The Morgan fingerprint density at radius 1 is 1.12 bits per heavy atom. The Hall–Kier alpha value is -3.55. The van der Waals surface area contributed by atoms with Crippen LogP contribution in [0.3, 0.4) is 0 Å². The van der Waals surface area contributed by atoms with Crippen LogP contribution in [-0.2, 0) is 11.3 Å². The van der Waals surface area contributed by atoms with Gasteiger partial charge in [-0.1, -0.05) is 18.2 Å². The molecular formula is C16H12N6O2. The van der Waals surface area contributed by atoms with E-state index in [0.29, 0.717) is 16.9 Å². The van der Waals surface area contributed by atoms with E-state index in [4.69, 9.17) is 4.74 Å². The Labute approximate surface area is 136 Å². The van der Waals surface area contributed by atoms with E-state index < -0.39 is 5.97 Å². The van der Waals surface area contributed by atoms with E-state index in [1.54, 1.807) is 24.3 Å². The van der Waals surface area contributed by atoms with Crippen LogP contribution in [0.15, 0.2) is 61.2 Å². The molecule has 1 aromatic carbocycles. The van der Waals surface area contributed by atoms with Crippen LogP contribution in [0.4, 0.5) is 0 Å². The molecule has 0 spiro atoms. The van der Waals surface area contributed by atoms with E-state index in [9.17, 15) is 4.79 Å². The number of carbonyl (C=O) groups is 1. The standard InChI is InChI=1S/C16H12N6O2/c23-16(13-5-1-2-6-14(13)22-11-17-19-20-22)24-10-12-9-21-8-4-3-7-15(21)18-12/h1-9,11H,10H2. The summed E-state index contributed by atoms with van der Waals surface area (Å²) in [5.41, 5.74) is 2.42. The monoisotopic (exact) mass is 320 g/mol. The molecule has 0 aliphatic heterocycles. The number of aromatic nitrogens is 6. The number of tetrazole rings is 1. The zero-order valence-electron chi connectivity index (χ0n) is 12.5. The molecule has 118 valence electrons. The third kappa shape index (κ3) is 2.60. The fourth-order valence-corrected chi connectivity index (χ4v) is 2.39. The SMILES string of the molecule is O=C(OCc1cn2ccccc2n1)c1ccccc1-n1cnnn1. The number of pyridine rings is 1. The number of ether oxygens (including phenoxy) is 1. The Morgan fingerprint density at radius 2 is 2.00 bits per heavy atom. The van der Waals surface area contributed by atoms with Gasteiger partial charge in [0.1, 0.15) is 18.6 Å². The average molecular weight is 320 g/mol. The van der Waals surface area contributed by atoms with Gasteiger partial charge in [0, 0.05) is 12.4 Å². The van der Waals surface area contributed by atoms with E-state index in [1.807, 2.05) is 35.0 Å². The summed E-state index contributed by atoms with van der Waals surface area (Å²) in [6.07, 6.45) is 5.14. The smallest absolute Gasteiger partial charge is 0.340 e. The van der Waals surface area contributed by atoms with Crippen molar-refractivity contribution in [3.63, 3.8) is 0 Å². The molecule has 24 heavy (non-hydrogen) atoms. The topological polar surface area (TPSA) is 87.2 Å². The number of para-hydroxylation sites is 1. The molecule has 8 nitrogen and oxygen atoms in total. The van der Waals surface area contributed by atoms with Crippen LogP contribution < -0.4 is 0 Å². The lowest BCUT2D eigenvalue weighted by molar-refractivity contribution is 0.0468. The van der Waals surface area contributed by atoms with Crippen LogP contribution in [-0.4, -0.2) is 35.6 Å². The molecule has 0 fully saturated rings. The highest BCUT2D eigenvalue weighted by Gasteiger charge is 2.15. The molecule has 0 aliphatic rings. The third-order valence-corrected chi connectivity index (χ3v) is 3.48. The number of hydrogen-bond acceptors (Lipinski definition) is 6. The number of esters is 1. The zero-order valence-corrected chi connectivity index (χ0v) is 12.5. The van der Waals surface area contributed by atoms with E-state index in [0.717, 1.165) is 5.65 Å². The molecule has 0 saturated heterocycles. The number of imidazole rings is 1. The Kier molecular flexibility index (Phi) is 3.47. The summed E-state index contributed by atoms with van der Waals surface area (Å²) in [6.45, 7) is 0.0878. The number of hydrogen-bond donors (Lipinski definition) is 0. The van der Waals surface area contributed by atoms with Crippen molar-refractivity contribution in [3.8, 4) is 5.69 Å².